The molecule has 3 heteroatoms. The lowest BCUT2D eigenvalue weighted by Gasteiger charge is -2.15. The van der Waals surface area contributed by atoms with Gasteiger partial charge in [-0.05, 0) is 24.5 Å². The Morgan fingerprint density at radius 1 is 1.43 bits per heavy atom. The molecule has 0 saturated carbocycles. The van der Waals surface area contributed by atoms with Gasteiger partial charge in [-0.3, -0.25) is 4.79 Å². The highest BCUT2D eigenvalue weighted by molar-refractivity contribution is 7.14. The standard InChI is InChI=1S/C11H17NOS/c1-5-12-10(13)8-6-7-9(14-8)11(2,3)4/h6-7H,5H2,1-4H3,(H,12,13). The fraction of sp³-hybridized carbons (Fsp3) is 0.545. The van der Waals surface area contributed by atoms with Crippen molar-refractivity contribution in [1.82, 2.24) is 5.32 Å². The molecule has 1 heterocycles. The van der Waals surface area contributed by atoms with Crippen LogP contribution in [0.5, 0.6) is 0 Å². The Kier molecular flexibility index (Phi) is 3.32. The van der Waals surface area contributed by atoms with Crippen molar-refractivity contribution in [1.29, 1.82) is 0 Å². The maximum atomic E-state index is 11.5. The maximum Gasteiger partial charge on any atom is 0.261 e. The van der Waals surface area contributed by atoms with E-state index in [1.165, 1.54) is 4.88 Å². The summed E-state index contributed by atoms with van der Waals surface area (Å²) >= 11 is 1.58. The minimum atomic E-state index is 0.0352. The van der Waals surface area contributed by atoms with Crippen LogP contribution in [0.25, 0.3) is 0 Å². The van der Waals surface area contributed by atoms with E-state index in [4.69, 9.17) is 0 Å². The molecule has 1 rings (SSSR count). The molecule has 1 amide bonds. The summed E-state index contributed by atoms with van der Waals surface area (Å²) in [4.78, 5) is 13.5. The van der Waals surface area contributed by atoms with Gasteiger partial charge >= 0.3 is 0 Å². The monoisotopic (exact) mass is 211 g/mol. The van der Waals surface area contributed by atoms with Gasteiger partial charge in [0.15, 0.2) is 0 Å². The molecule has 0 radical (unpaired) electrons. The van der Waals surface area contributed by atoms with Crippen molar-refractivity contribution in [3.8, 4) is 0 Å². The zero-order valence-electron chi connectivity index (χ0n) is 9.18. The quantitative estimate of drug-likeness (QED) is 0.800. The van der Waals surface area contributed by atoms with E-state index in [2.05, 4.69) is 26.1 Å². The van der Waals surface area contributed by atoms with Crippen molar-refractivity contribution >= 4 is 17.2 Å². The minimum Gasteiger partial charge on any atom is -0.352 e. The molecule has 1 aromatic heterocycles. The lowest BCUT2D eigenvalue weighted by molar-refractivity contribution is 0.0960. The maximum absolute atomic E-state index is 11.5. The number of thiophene rings is 1. The van der Waals surface area contributed by atoms with Crippen molar-refractivity contribution in [2.75, 3.05) is 6.54 Å². The highest BCUT2D eigenvalue weighted by Crippen LogP contribution is 2.29. The molecule has 0 aliphatic rings. The highest BCUT2D eigenvalue weighted by Gasteiger charge is 2.17. The van der Waals surface area contributed by atoms with Crippen molar-refractivity contribution in [2.45, 2.75) is 33.1 Å². The van der Waals surface area contributed by atoms with Crippen molar-refractivity contribution in [3.05, 3.63) is 21.9 Å². The molecule has 14 heavy (non-hydrogen) atoms. The molecule has 0 unspecified atom stereocenters. The topological polar surface area (TPSA) is 29.1 Å². The Bertz CT molecular complexity index is 322. The molecule has 0 saturated heterocycles. The SMILES string of the molecule is CCNC(=O)c1ccc(C(C)(C)C)s1. The second-order valence-corrected chi connectivity index (χ2v) is 5.36. The predicted octanol–water partition coefficient (Wildman–Crippen LogP) is 2.80. The third-order valence-corrected chi connectivity index (χ3v) is 3.42. The molecule has 78 valence electrons. The average Bonchev–Trinajstić information content (AvgIpc) is 2.51. The summed E-state index contributed by atoms with van der Waals surface area (Å²) in [6.45, 7) is 9.07. The lowest BCUT2D eigenvalue weighted by Crippen LogP contribution is -2.21. The van der Waals surface area contributed by atoms with E-state index in [-0.39, 0.29) is 11.3 Å². The summed E-state index contributed by atoms with van der Waals surface area (Å²) in [6, 6.07) is 3.94. The number of hydrogen-bond donors (Lipinski definition) is 1. The summed E-state index contributed by atoms with van der Waals surface area (Å²) < 4.78 is 0. The van der Waals surface area contributed by atoms with E-state index in [1.807, 2.05) is 19.1 Å². The average molecular weight is 211 g/mol. The fourth-order valence-corrected chi connectivity index (χ4v) is 2.09. The zero-order valence-corrected chi connectivity index (χ0v) is 9.99. The first-order valence-corrected chi connectivity index (χ1v) is 5.65. The van der Waals surface area contributed by atoms with E-state index in [1.54, 1.807) is 11.3 Å². The molecule has 1 N–H and O–H groups in total. The van der Waals surface area contributed by atoms with Crippen LogP contribution >= 0.6 is 11.3 Å². The fourth-order valence-electron chi connectivity index (χ4n) is 1.11. The Hall–Kier alpha value is -0.830. The van der Waals surface area contributed by atoms with Gasteiger partial charge in [0.2, 0.25) is 0 Å². The molecule has 0 fully saturated rings. The summed E-state index contributed by atoms with van der Waals surface area (Å²) in [6.07, 6.45) is 0. The first kappa shape index (κ1) is 11.2. The summed E-state index contributed by atoms with van der Waals surface area (Å²) in [5.41, 5.74) is 0.134. The molecule has 0 aromatic carbocycles. The van der Waals surface area contributed by atoms with Gasteiger partial charge in [-0.1, -0.05) is 20.8 Å². The van der Waals surface area contributed by atoms with Crippen molar-refractivity contribution in [3.63, 3.8) is 0 Å². The molecule has 0 aliphatic carbocycles. The van der Waals surface area contributed by atoms with Gasteiger partial charge in [-0.15, -0.1) is 11.3 Å². The van der Waals surface area contributed by atoms with Crippen LogP contribution in [0.3, 0.4) is 0 Å². The van der Waals surface area contributed by atoms with Crippen LogP contribution in [0.1, 0.15) is 42.2 Å². The molecule has 1 aromatic rings. The Morgan fingerprint density at radius 3 is 2.50 bits per heavy atom. The van der Waals surface area contributed by atoms with Crippen LogP contribution in [-0.4, -0.2) is 12.5 Å². The second-order valence-electron chi connectivity index (χ2n) is 4.27. The normalized spacial score (nSPS) is 11.4. The third-order valence-electron chi connectivity index (χ3n) is 1.91. The van der Waals surface area contributed by atoms with Crippen LogP contribution in [0, 0.1) is 0 Å². The smallest absolute Gasteiger partial charge is 0.261 e. The zero-order chi connectivity index (χ0) is 10.8. The van der Waals surface area contributed by atoms with Crippen molar-refractivity contribution in [2.24, 2.45) is 0 Å². The van der Waals surface area contributed by atoms with Crippen LogP contribution in [-0.2, 0) is 5.41 Å². The summed E-state index contributed by atoms with van der Waals surface area (Å²) in [5.74, 6) is 0.0352. The molecule has 0 atom stereocenters. The predicted molar refractivity (Wildman–Crippen MR) is 61.0 cm³/mol. The Balaban J connectivity index is 2.83. The number of hydrogen-bond acceptors (Lipinski definition) is 2. The van der Waals surface area contributed by atoms with Gasteiger partial charge in [0.1, 0.15) is 0 Å². The van der Waals surface area contributed by atoms with Crippen LogP contribution < -0.4 is 5.32 Å². The van der Waals surface area contributed by atoms with E-state index < -0.39 is 0 Å². The van der Waals surface area contributed by atoms with E-state index >= 15 is 0 Å². The number of carbonyl (C=O) groups excluding carboxylic acids is 1. The largest absolute Gasteiger partial charge is 0.352 e. The summed E-state index contributed by atoms with van der Waals surface area (Å²) in [7, 11) is 0. The molecule has 0 bridgehead atoms. The lowest BCUT2D eigenvalue weighted by atomic mass is 9.95. The molecule has 0 spiro atoms. The highest BCUT2D eigenvalue weighted by atomic mass is 32.1. The van der Waals surface area contributed by atoms with Gasteiger partial charge < -0.3 is 5.32 Å². The number of nitrogens with one attached hydrogen (secondary N) is 1. The van der Waals surface area contributed by atoms with E-state index in [0.717, 1.165) is 4.88 Å². The van der Waals surface area contributed by atoms with Crippen molar-refractivity contribution < 1.29 is 4.79 Å². The van der Waals surface area contributed by atoms with E-state index in [9.17, 15) is 4.79 Å². The number of amides is 1. The second kappa shape index (κ2) is 4.13. The molecule has 2 nitrogen and oxygen atoms in total. The van der Waals surface area contributed by atoms with Gasteiger partial charge in [-0.25, -0.2) is 0 Å². The number of rotatable bonds is 2. The summed E-state index contributed by atoms with van der Waals surface area (Å²) in [5, 5.41) is 2.80. The van der Waals surface area contributed by atoms with Gasteiger partial charge in [0.05, 0.1) is 4.88 Å². The third kappa shape index (κ3) is 2.58. The first-order valence-electron chi connectivity index (χ1n) is 4.83. The number of carbonyl (C=O) groups is 1. The Labute approximate surface area is 89.3 Å². The first-order chi connectivity index (χ1) is 6.45. The van der Waals surface area contributed by atoms with Crippen LogP contribution in [0.15, 0.2) is 12.1 Å². The van der Waals surface area contributed by atoms with E-state index in [0.29, 0.717) is 6.54 Å². The van der Waals surface area contributed by atoms with Crippen LogP contribution in [0.2, 0.25) is 0 Å². The van der Waals surface area contributed by atoms with Gasteiger partial charge in [0, 0.05) is 11.4 Å². The van der Waals surface area contributed by atoms with Crippen LogP contribution in [0.4, 0.5) is 0 Å². The minimum absolute atomic E-state index is 0.0352. The van der Waals surface area contributed by atoms with Gasteiger partial charge in [0.25, 0.3) is 5.91 Å². The molecular formula is C11H17NOS. The van der Waals surface area contributed by atoms with Gasteiger partial charge in [-0.2, -0.15) is 0 Å². The molecule has 0 aliphatic heterocycles. The molecular weight excluding hydrogens is 194 g/mol. The Morgan fingerprint density at radius 2 is 2.07 bits per heavy atom.